The van der Waals surface area contributed by atoms with Gasteiger partial charge in [-0.3, -0.25) is 4.90 Å². The second-order valence-electron chi connectivity index (χ2n) is 5.48. The van der Waals surface area contributed by atoms with Gasteiger partial charge in [-0.25, -0.2) is 0 Å². The summed E-state index contributed by atoms with van der Waals surface area (Å²) in [6.07, 6.45) is 3.96. The van der Waals surface area contributed by atoms with Gasteiger partial charge in [0.25, 0.3) is 0 Å². The SMILES string of the molecule is Oc1ccccc1[C@H](C1CCC1)N1CCNCC1. The van der Waals surface area contributed by atoms with Crippen molar-refractivity contribution in [3.05, 3.63) is 29.8 Å². The molecular weight excluding hydrogens is 224 g/mol. The molecule has 1 atom stereocenters. The summed E-state index contributed by atoms with van der Waals surface area (Å²) < 4.78 is 0. The molecule has 1 aromatic carbocycles. The van der Waals surface area contributed by atoms with Gasteiger partial charge in [0.1, 0.15) is 5.75 Å². The number of nitrogens with one attached hydrogen (secondary N) is 1. The summed E-state index contributed by atoms with van der Waals surface area (Å²) in [5.74, 6) is 1.20. The lowest BCUT2D eigenvalue weighted by molar-refractivity contribution is 0.0819. The fraction of sp³-hybridized carbons (Fsp3) is 0.600. The third kappa shape index (κ3) is 2.25. The molecule has 1 saturated heterocycles. The highest BCUT2D eigenvalue weighted by atomic mass is 16.3. The van der Waals surface area contributed by atoms with Crippen LogP contribution < -0.4 is 5.32 Å². The van der Waals surface area contributed by atoms with E-state index in [1.807, 2.05) is 18.2 Å². The van der Waals surface area contributed by atoms with Crippen molar-refractivity contribution in [2.75, 3.05) is 26.2 Å². The quantitative estimate of drug-likeness (QED) is 0.857. The van der Waals surface area contributed by atoms with Crippen LogP contribution in [-0.2, 0) is 0 Å². The van der Waals surface area contributed by atoms with E-state index in [0.717, 1.165) is 37.7 Å². The van der Waals surface area contributed by atoms with Crippen LogP contribution in [0.5, 0.6) is 5.75 Å². The van der Waals surface area contributed by atoms with Crippen LogP contribution in [-0.4, -0.2) is 36.2 Å². The number of aromatic hydroxyl groups is 1. The summed E-state index contributed by atoms with van der Waals surface area (Å²) in [5.41, 5.74) is 1.13. The van der Waals surface area contributed by atoms with Gasteiger partial charge >= 0.3 is 0 Å². The molecule has 1 aliphatic carbocycles. The van der Waals surface area contributed by atoms with Gasteiger partial charge in [0.05, 0.1) is 0 Å². The van der Waals surface area contributed by atoms with Gasteiger partial charge in [-0.2, -0.15) is 0 Å². The number of phenolic OH excluding ortho intramolecular Hbond substituents is 1. The van der Waals surface area contributed by atoms with Gasteiger partial charge in [0, 0.05) is 37.8 Å². The standard InChI is InChI=1S/C15H22N2O/c18-14-7-2-1-6-13(14)15(12-4-3-5-12)17-10-8-16-9-11-17/h1-2,6-7,12,15-16,18H,3-5,8-11H2/t15-/m0/s1. The number of phenols is 1. The van der Waals surface area contributed by atoms with Crippen molar-refractivity contribution in [1.82, 2.24) is 10.2 Å². The molecule has 98 valence electrons. The molecule has 2 N–H and O–H groups in total. The van der Waals surface area contributed by atoms with E-state index in [0.29, 0.717) is 11.8 Å². The number of nitrogens with zero attached hydrogens (tertiary/aromatic N) is 1. The predicted molar refractivity (Wildman–Crippen MR) is 72.6 cm³/mol. The molecule has 18 heavy (non-hydrogen) atoms. The zero-order valence-corrected chi connectivity index (χ0v) is 10.8. The van der Waals surface area contributed by atoms with Crippen molar-refractivity contribution in [3.63, 3.8) is 0 Å². The number of benzene rings is 1. The molecule has 0 spiro atoms. The smallest absolute Gasteiger partial charge is 0.120 e. The van der Waals surface area contributed by atoms with Crippen LogP contribution >= 0.6 is 0 Å². The molecule has 1 saturated carbocycles. The number of piperazine rings is 1. The van der Waals surface area contributed by atoms with Crippen LogP contribution in [0.25, 0.3) is 0 Å². The highest BCUT2D eigenvalue weighted by molar-refractivity contribution is 5.35. The van der Waals surface area contributed by atoms with Crippen molar-refractivity contribution < 1.29 is 5.11 Å². The van der Waals surface area contributed by atoms with Gasteiger partial charge in [-0.1, -0.05) is 24.6 Å². The van der Waals surface area contributed by atoms with Crippen LogP contribution in [0, 0.1) is 5.92 Å². The molecular formula is C15H22N2O. The van der Waals surface area contributed by atoms with Gasteiger partial charge in [-0.15, -0.1) is 0 Å². The average molecular weight is 246 g/mol. The largest absolute Gasteiger partial charge is 0.508 e. The number of para-hydroxylation sites is 1. The third-order valence-corrected chi connectivity index (χ3v) is 4.40. The van der Waals surface area contributed by atoms with Crippen molar-refractivity contribution in [2.24, 2.45) is 5.92 Å². The second kappa shape index (κ2) is 5.29. The maximum atomic E-state index is 10.1. The first-order valence-corrected chi connectivity index (χ1v) is 7.09. The third-order valence-electron chi connectivity index (χ3n) is 4.40. The lowest BCUT2D eigenvalue weighted by Gasteiger charge is -2.43. The Kier molecular flexibility index (Phi) is 3.52. The molecule has 2 aliphatic rings. The highest BCUT2D eigenvalue weighted by Gasteiger charge is 2.34. The molecule has 3 rings (SSSR count). The zero-order valence-electron chi connectivity index (χ0n) is 10.8. The van der Waals surface area contributed by atoms with Gasteiger partial charge in [-0.05, 0) is 24.8 Å². The van der Waals surface area contributed by atoms with Gasteiger partial charge < -0.3 is 10.4 Å². The first-order chi connectivity index (χ1) is 8.86. The fourth-order valence-electron chi connectivity index (χ4n) is 3.20. The molecule has 0 aromatic heterocycles. The Bertz CT molecular complexity index is 397. The molecule has 1 aromatic rings. The van der Waals surface area contributed by atoms with Crippen LogP contribution in [0.1, 0.15) is 30.9 Å². The Morgan fingerprint density at radius 3 is 2.50 bits per heavy atom. The summed E-state index contributed by atoms with van der Waals surface area (Å²) in [7, 11) is 0. The minimum atomic E-state index is 0.419. The monoisotopic (exact) mass is 246 g/mol. The van der Waals surface area contributed by atoms with Crippen LogP contribution in [0.15, 0.2) is 24.3 Å². The van der Waals surface area contributed by atoms with Crippen LogP contribution in [0.4, 0.5) is 0 Å². The molecule has 0 unspecified atom stereocenters. The number of hydrogen-bond acceptors (Lipinski definition) is 3. The molecule has 3 nitrogen and oxygen atoms in total. The Morgan fingerprint density at radius 1 is 1.17 bits per heavy atom. The summed E-state index contributed by atoms with van der Waals surface area (Å²) in [5, 5.41) is 13.5. The van der Waals surface area contributed by atoms with E-state index >= 15 is 0 Å². The van der Waals surface area contributed by atoms with E-state index in [2.05, 4.69) is 16.3 Å². The van der Waals surface area contributed by atoms with E-state index in [9.17, 15) is 5.11 Å². The van der Waals surface area contributed by atoms with Crippen LogP contribution in [0.3, 0.4) is 0 Å². The molecule has 2 fully saturated rings. The first kappa shape index (κ1) is 12.0. The van der Waals surface area contributed by atoms with E-state index in [1.165, 1.54) is 19.3 Å². The van der Waals surface area contributed by atoms with Crippen molar-refractivity contribution in [1.29, 1.82) is 0 Å². The topological polar surface area (TPSA) is 35.5 Å². The summed E-state index contributed by atoms with van der Waals surface area (Å²) in [6, 6.07) is 8.29. The summed E-state index contributed by atoms with van der Waals surface area (Å²) >= 11 is 0. The Morgan fingerprint density at radius 2 is 1.89 bits per heavy atom. The molecule has 0 radical (unpaired) electrons. The van der Waals surface area contributed by atoms with E-state index in [-0.39, 0.29) is 0 Å². The fourth-order valence-corrected chi connectivity index (χ4v) is 3.20. The second-order valence-corrected chi connectivity index (χ2v) is 5.48. The minimum absolute atomic E-state index is 0.419. The van der Waals surface area contributed by atoms with Crippen molar-refractivity contribution in [3.8, 4) is 5.75 Å². The summed E-state index contributed by atoms with van der Waals surface area (Å²) in [4.78, 5) is 2.55. The molecule has 1 aliphatic heterocycles. The highest BCUT2D eigenvalue weighted by Crippen LogP contribution is 2.43. The minimum Gasteiger partial charge on any atom is -0.508 e. The van der Waals surface area contributed by atoms with E-state index in [1.54, 1.807) is 0 Å². The molecule has 1 heterocycles. The first-order valence-electron chi connectivity index (χ1n) is 7.09. The maximum Gasteiger partial charge on any atom is 0.120 e. The Labute approximate surface area is 109 Å². The molecule has 0 amide bonds. The van der Waals surface area contributed by atoms with Gasteiger partial charge in [0.2, 0.25) is 0 Å². The normalized spacial score (nSPS) is 23.6. The van der Waals surface area contributed by atoms with Crippen LogP contribution in [0.2, 0.25) is 0 Å². The van der Waals surface area contributed by atoms with Crippen molar-refractivity contribution in [2.45, 2.75) is 25.3 Å². The lowest BCUT2D eigenvalue weighted by Crippen LogP contribution is -2.47. The van der Waals surface area contributed by atoms with Gasteiger partial charge in [0.15, 0.2) is 0 Å². The number of rotatable bonds is 3. The van der Waals surface area contributed by atoms with E-state index in [4.69, 9.17) is 0 Å². The maximum absolute atomic E-state index is 10.1. The predicted octanol–water partition coefficient (Wildman–Crippen LogP) is 2.14. The lowest BCUT2D eigenvalue weighted by atomic mass is 9.76. The number of hydrogen-bond donors (Lipinski definition) is 2. The molecule has 3 heteroatoms. The van der Waals surface area contributed by atoms with Crippen molar-refractivity contribution >= 4 is 0 Å². The zero-order chi connectivity index (χ0) is 12.4. The Hall–Kier alpha value is -1.06. The summed E-state index contributed by atoms with van der Waals surface area (Å²) in [6.45, 7) is 4.32. The average Bonchev–Trinajstić information content (AvgIpc) is 2.36. The Balaban J connectivity index is 1.87. The molecule has 0 bridgehead atoms. The van der Waals surface area contributed by atoms with E-state index < -0.39 is 0 Å².